The zero-order valence-corrected chi connectivity index (χ0v) is 11.2. The van der Waals surface area contributed by atoms with Gasteiger partial charge in [-0.15, -0.1) is 0 Å². The molecule has 2 heterocycles. The van der Waals surface area contributed by atoms with E-state index in [1.807, 2.05) is 0 Å². The highest BCUT2D eigenvalue weighted by Crippen LogP contribution is 2.27. The van der Waals surface area contributed by atoms with Crippen molar-refractivity contribution in [3.05, 3.63) is 24.5 Å². The van der Waals surface area contributed by atoms with Gasteiger partial charge in [0, 0.05) is 12.4 Å². The molecule has 5 nitrogen and oxygen atoms in total. The van der Waals surface area contributed by atoms with E-state index in [1.54, 1.807) is 24.5 Å². The van der Waals surface area contributed by atoms with Gasteiger partial charge in [0.05, 0.1) is 17.3 Å². The average Bonchev–Trinajstić information content (AvgIpc) is 2.75. The summed E-state index contributed by atoms with van der Waals surface area (Å²) in [6.45, 7) is 2.71. The predicted molar refractivity (Wildman–Crippen MR) is 75.8 cm³/mol. The first-order chi connectivity index (χ1) is 9.27. The molecule has 1 aliphatic heterocycles. The number of aromatic nitrogens is 1. The molecular weight excluding hydrogens is 240 g/mol. The molecule has 102 valence electrons. The fraction of sp³-hybridized carbons (Fsp3) is 0.500. The molecule has 1 aliphatic rings. The van der Waals surface area contributed by atoms with E-state index in [9.17, 15) is 4.79 Å². The molecule has 0 saturated carbocycles. The highest BCUT2D eigenvalue weighted by Gasteiger charge is 2.35. The number of nitrogens with two attached hydrogens (primary N) is 1. The van der Waals surface area contributed by atoms with Crippen molar-refractivity contribution in [1.29, 1.82) is 0 Å². The Morgan fingerprint density at radius 1 is 1.37 bits per heavy atom. The maximum absolute atomic E-state index is 12.4. The lowest BCUT2D eigenvalue weighted by Crippen LogP contribution is -2.28. The molecule has 1 aromatic rings. The predicted octanol–water partition coefficient (Wildman–Crippen LogP) is 1.94. The molecule has 5 heteroatoms. The fourth-order valence-electron chi connectivity index (χ4n) is 2.30. The summed E-state index contributed by atoms with van der Waals surface area (Å²) >= 11 is 0. The summed E-state index contributed by atoms with van der Waals surface area (Å²) in [6.07, 6.45) is 6.84. The van der Waals surface area contributed by atoms with Crippen LogP contribution in [-0.4, -0.2) is 23.1 Å². The highest BCUT2D eigenvalue weighted by molar-refractivity contribution is 6.15. The van der Waals surface area contributed by atoms with Crippen molar-refractivity contribution in [2.24, 2.45) is 16.8 Å². The maximum Gasteiger partial charge on any atom is 0.256 e. The van der Waals surface area contributed by atoms with E-state index >= 15 is 0 Å². The van der Waals surface area contributed by atoms with Gasteiger partial charge in [0.15, 0.2) is 0 Å². The van der Waals surface area contributed by atoms with E-state index in [2.05, 4.69) is 17.0 Å². The van der Waals surface area contributed by atoms with Gasteiger partial charge in [-0.25, -0.2) is 5.01 Å². The average molecular weight is 260 g/mol. The van der Waals surface area contributed by atoms with E-state index in [0.717, 1.165) is 37.1 Å². The third kappa shape index (κ3) is 2.98. The zero-order chi connectivity index (χ0) is 13.7. The first-order valence-corrected chi connectivity index (χ1v) is 6.79. The Morgan fingerprint density at radius 3 is 2.74 bits per heavy atom. The summed E-state index contributed by atoms with van der Waals surface area (Å²) in [5.74, 6) is -0.0419. The molecule has 0 radical (unpaired) electrons. The number of carbonyl (C=O) groups excluding carboxylic acids is 1. The SMILES string of the molecule is CCCC1=NN(c2ccncc2)C(=O)C1CCCN. The van der Waals surface area contributed by atoms with Gasteiger partial charge in [-0.3, -0.25) is 9.78 Å². The van der Waals surface area contributed by atoms with Gasteiger partial charge in [-0.1, -0.05) is 13.3 Å². The van der Waals surface area contributed by atoms with Gasteiger partial charge in [-0.05, 0) is 37.9 Å². The Hall–Kier alpha value is -1.75. The van der Waals surface area contributed by atoms with Crippen molar-refractivity contribution in [2.45, 2.75) is 32.6 Å². The molecular formula is C14H20N4O. The van der Waals surface area contributed by atoms with Crippen LogP contribution in [0.2, 0.25) is 0 Å². The number of hydrazone groups is 1. The van der Waals surface area contributed by atoms with Crippen LogP contribution >= 0.6 is 0 Å². The number of pyridine rings is 1. The third-order valence-electron chi connectivity index (χ3n) is 3.25. The van der Waals surface area contributed by atoms with Crippen molar-refractivity contribution >= 4 is 17.3 Å². The summed E-state index contributed by atoms with van der Waals surface area (Å²) in [6, 6.07) is 3.60. The summed E-state index contributed by atoms with van der Waals surface area (Å²) < 4.78 is 0. The van der Waals surface area contributed by atoms with Crippen LogP contribution in [0.4, 0.5) is 5.69 Å². The summed E-state index contributed by atoms with van der Waals surface area (Å²) in [5.41, 5.74) is 7.31. The normalized spacial score (nSPS) is 18.8. The minimum atomic E-state index is -0.100. The molecule has 0 saturated heterocycles. The van der Waals surface area contributed by atoms with Crippen LogP contribution in [0.3, 0.4) is 0 Å². The molecule has 1 aromatic heterocycles. The third-order valence-corrected chi connectivity index (χ3v) is 3.25. The minimum absolute atomic E-state index is 0.0584. The van der Waals surface area contributed by atoms with Crippen LogP contribution in [0.25, 0.3) is 0 Å². The number of hydrogen-bond acceptors (Lipinski definition) is 4. The quantitative estimate of drug-likeness (QED) is 0.849. The first kappa shape index (κ1) is 13.7. The molecule has 1 atom stereocenters. The molecule has 1 unspecified atom stereocenters. The first-order valence-electron chi connectivity index (χ1n) is 6.79. The lowest BCUT2D eigenvalue weighted by Gasteiger charge is -2.13. The number of anilines is 1. The van der Waals surface area contributed by atoms with E-state index in [0.29, 0.717) is 6.54 Å². The summed E-state index contributed by atoms with van der Waals surface area (Å²) in [7, 11) is 0. The van der Waals surface area contributed by atoms with E-state index in [-0.39, 0.29) is 11.8 Å². The van der Waals surface area contributed by atoms with Gasteiger partial charge in [-0.2, -0.15) is 5.10 Å². The standard InChI is InChI=1S/C14H20N4O/c1-2-4-13-12(5-3-8-15)14(19)18(17-13)11-6-9-16-10-7-11/h6-7,9-10,12H,2-5,8,15H2,1H3. The zero-order valence-electron chi connectivity index (χ0n) is 11.2. The second-order valence-electron chi connectivity index (χ2n) is 4.68. The van der Waals surface area contributed by atoms with Crippen LogP contribution in [0, 0.1) is 5.92 Å². The molecule has 2 N–H and O–H groups in total. The fourth-order valence-corrected chi connectivity index (χ4v) is 2.30. The Morgan fingerprint density at radius 2 is 2.11 bits per heavy atom. The van der Waals surface area contributed by atoms with Gasteiger partial charge < -0.3 is 5.73 Å². The molecule has 19 heavy (non-hydrogen) atoms. The Kier molecular flexibility index (Phi) is 4.63. The second-order valence-corrected chi connectivity index (χ2v) is 4.68. The summed E-state index contributed by atoms with van der Waals surface area (Å²) in [4.78, 5) is 16.4. The smallest absolute Gasteiger partial charge is 0.256 e. The van der Waals surface area contributed by atoms with Crippen molar-refractivity contribution in [2.75, 3.05) is 11.6 Å². The Bertz CT molecular complexity index is 458. The highest BCUT2D eigenvalue weighted by atomic mass is 16.2. The van der Waals surface area contributed by atoms with Crippen LogP contribution in [0.5, 0.6) is 0 Å². The van der Waals surface area contributed by atoms with Crippen molar-refractivity contribution in [3.63, 3.8) is 0 Å². The Labute approximate surface area is 113 Å². The van der Waals surface area contributed by atoms with E-state index in [1.165, 1.54) is 5.01 Å². The number of amides is 1. The van der Waals surface area contributed by atoms with Crippen LogP contribution in [0.1, 0.15) is 32.6 Å². The van der Waals surface area contributed by atoms with Gasteiger partial charge in [0.2, 0.25) is 0 Å². The molecule has 1 amide bonds. The van der Waals surface area contributed by atoms with Crippen molar-refractivity contribution in [3.8, 4) is 0 Å². The minimum Gasteiger partial charge on any atom is -0.330 e. The van der Waals surface area contributed by atoms with Gasteiger partial charge in [0.25, 0.3) is 5.91 Å². The molecule has 0 aliphatic carbocycles. The lowest BCUT2D eigenvalue weighted by molar-refractivity contribution is -0.119. The lowest BCUT2D eigenvalue weighted by atomic mass is 9.94. The number of hydrogen-bond donors (Lipinski definition) is 1. The Balaban J connectivity index is 2.20. The van der Waals surface area contributed by atoms with Crippen LogP contribution in [0.15, 0.2) is 29.6 Å². The molecule has 2 rings (SSSR count). The molecule has 0 spiro atoms. The molecule has 0 aromatic carbocycles. The summed E-state index contributed by atoms with van der Waals surface area (Å²) in [5, 5.41) is 6.00. The maximum atomic E-state index is 12.4. The van der Waals surface area contributed by atoms with Gasteiger partial charge >= 0.3 is 0 Å². The van der Waals surface area contributed by atoms with E-state index in [4.69, 9.17) is 5.73 Å². The van der Waals surface area contributed by atoms with Gasteiger partial charge in [0.1, 0.15) is 0 Å². The van der Waals surface area contributed by atoms with Crippen molar-refractivity contribution in [1.82, 2.24) is 4.98 Å². The number of carbonyl (C=O) groups is 1. The molecule has 0 bridgehead atoms. The van der Waals surface area contributed by atoms with Crippen LogP contribution in [-0.2, 0) is 4.79 Å². The van der Waals surface area contributed by atoms with Crippen LogP contribution < -0.4 is 10.7 Å². The number of nitrogens with zero attached hydrogens (tertiary/aromatic N) is 3. The van der Waals surface area contributed by atoms with Crippen molar-refractivity contribution < 1.29 is 4.79 Å². The molecule has 0 fully saturated rings. The number of rotatable bonds is 6. The monoisotopic (exact) mass is 260 g/mol. The van der Waals surface area contributed by atoms with E-state index < -0.39 is 0 Å². The largest absolute Gasteiger partial charge is 0.330 e. The topological polar surface area (TPSA) is 71.6 Å². The second kappa shape index (κ2) is 6.43.